The van der Waals surface area contributed by atoms with Crippen LogP contribution in [0.3, 0.4) is 0 Å². The number of rotatable bonds is 6. The fraction of sp³-hybridized carbons (Fsp3) is 0.944. The molecule has 1 atom stereocenters. The van der Waals surface area contributed by atoms with Crippen molar-refractivity contribution in [3.05, 3.63) is 0 Å². The molecule has 1 aliphatic carbocycles. The molecule has 0 aromatic heterocycles. The molecular weight excluding hydrogens is 248 g/mol. The maximum absolute atomic E-state index is 12.6. The molecule has 0 aliphatic heterocycles. The summed E-state index contributed by atoms with van der Waals surface area (Å²) in [6.07, 6.45) is 7.57. The topological polar surface area (TPSA) is 26.3 Å². The first-order valence-electron chi connectivity index (χ1n) is 8.54. The van der Waals surface area contributed by atoms with E-state index in [9.17, 15) is 4.79 Å². The van der Waals surface area contributed by atoms with E-state index in [-0.39, 0.29) is 17.0 Å². The van der Waals surface area contributed by atoms with E-state index in [1.54, 1.807) is 0 Å². The summed E-state index contributed by atoms with van der Waals surface area (Å²) >= 11 is 0. The van der Waals surface area contributed by atoms with Crippen molar-refractivity contribution >= 4 is 5.97 Å². The molecule has 2 nitrogen and oxygen atoms in total. The zero-order valence-electron chi connectivity index (χ0n) is 14.4. The highest BCUT2D eigenvalue weighted by molar-refractivity contribution is 5.76. The maximum Gasteiger partial charge on any atom is 0.312 e. The molecule has 1 unspecified atom stereocenters. The lowest BCUT2D eigenvalue weighted by Crippen LogP contribution is -2.44. The molecule has 118 valence electrons. The molecule has 0 bridgehead atoms. The minimum absolute atomic E-state index is 0.00507. The van der Waals surface area contributed by atoms with Crippen LogP contribution in [-0.2, 0) is 9.53 Å². The van der Waals surface area contributed by atoms with E-state index < -0.39 is 0 Å². The van der Waals surface area contributed by atoms with E-state index in [1.165, 1.54) is 25.7 Å². The Bertz CT molecular complexity index is 311. The van der Waals surface area contributed by atoms with Gasteiger partial charge in [-0.2, -0.15) is 0 Å². The molecular formula is C18H34O2. The van der Waals surface area contributed by atoms with E-state index in [0.29, 0.717) is 5.92 Å². The van der Waals surface area contributed by atoms with Crippen molar-refractivity contribution < 1.29 is 9.53 Å². The van der Waals surface area contributed by atoms with Gasteiger partial charge >= 0.3 is 5.97 Å². The van der Waals surface area contributed by atoms with Crippen molar-refractivity contribution in [3.8, 4) is 0 Å². The molecule has 0 aromatic carbocycles. The first kappa shape index (κ1) is 17.5. The summed E-state index contributed by atoms with van der Waals surface area (Å²) in [7, 11) is 0. The van der Waals surface area contributed by atoms with Gasteiger partial charge in [0.1, 0.15) is 5.60 Å². The van der Waals surface area contributed by atoms with Gasteiger partial charge in [0.05, 0.1) is 5.41 Å². The van der Waals surface area contributed by atoms with Gasteiger partial charge in [-0.1, -0.05) is 40.5 Å². The van der Waals surface area contributed by atoms with Gasteiger partial charge < -0.3 is 4.74 Å². The lowest BCUT2D eigenvalue weighted by atomic mass is 9.73. The molecule has 1 rings (SSSR count). The Kier molecular flexibility index (Phi) is 6.09. The third kappa shape index (κ3) is 3.77. The minimum atomic E-state index is -0.321. The zero-order valence-corrected chi connectivity index (χ0v) is 14.4. The van der Waals surface area contributed by atoms with Gasteiger partial charge in [-0.25, -0.2) is 0 Å². The summed E-state index contributed by atoms with van der Waals surface area (Å²) in [4.78, 5) is 12.6. The Balaban J connectivity index is 2.76. The van der Waals surface area contributed by atoms with Crippen LogP contribution in [0.5, 0.6) is 0 Å². The molecule has 0 heterocycles. The van der Waals surface area contributed by atoms with Crippen molar-refractivity contribution in [2.45, 2.75) is 92.1 Å². The van der Waals surface area contributed by atoms with Crippen molar-refractivity contribution in [1.29, 1.82) is 0 Å². The number of hydrogen-bond acceptors (Lipinski definition) is 2. The second-order valence-electron chi connectivity index (χ2n) is 7.28. The second kappa shape index (κ2) is 6.95. The average molecular weight is 282 g/mol. The third-order valence-corrected chi connectivity index (χ3v) is 5.96. The van der Waals surface area contributed by atoms with Crippen LogP contribution in [0.2, 0.25) is 0 Å². The Hall–Kier alpha value is -0.530. The van der Waals surface area contributed by atoms with E-state index in [0.717, 1.165) is 25.2 Å². The summed E-state index contributed by atoms with van der Waals surface area (Å²) in [6, 6.07) is 0. The SMILES string of the molecule is CCC(C)(CC)C(=O)OC(C)(CC)C1CCC(C)CC1. The molecule has 1 saturated carbocycles. The van der Waals surface area contributed by atoms with Gasteiger partial charge in [0.15, 0.2) is 0 Å². The van der Waals surface area contributed by atoms with Crippen molar-refractivity contribution in [1.82, 2.24) is 0 Å². The molecule has 1 aliphatic rings. The van der Waals surface area contributed by atoms with E-state index in [1.807, 2.05) is 6.92 Å². The van der Waals surface area contributed by atoms with Crippen LogP contribution >= 0.6 is 0 Å². The Morgan fingerprint density at radius 1 is 1.00 bits per heavy atom. The monoisotopic (exact) mass is 282 g/mol. The molecule has 0 N–H and O–H groups in total. The predicted molar refractivity (Wildman–Crippen MR) is 84.6 cm³/mol. The smallest absolute Gasteiger partial charge is 0.312 e. The zero-order chi connectivity index (χ0) is 15.4. The fourth-order valence-electron chi connectivity index (χ4n) is 3.19. The van der Waals surface area contributed by atoms with Crippen molar-refractivity contribution in [2.24, 2.45) is 17.3 Å². The first-order chi connectivity index (χ1) is 9.31. The van der Waals surface area contributed by atoms with Crippen molar-refractivity contribution in [3.63, 3.8) is 0 Å². The summed E-state index contributed by atoms with van der Waals surface area (Å²) in [5, 5.41) is 0. The van der Waals surface area contributed by atoms with Gasteiger partial charge in [-0.3, -0.25) is 4.79 Å². The van der Waals surface area contributed by atoms with Crippen LogP contribution in [0, 0.1) is 17.3 Å². The van der Waals surface area contributed by atoms with Crippen molar-refractivity contribution in [2.75, 3.05) is 0 Å². The van der Waals surface area contributed by atoms with Crippen LogP contribution in [0.15, 0.2) is 0 Å². The number of hydrogen-bond donors (Lipinski definition) is 0. The van der Waals surface area contributed by atoms with Crippen LogP contribution in [0.25, 0.3) is 0 Å². The molecule has 0 aromatic rings. The molecule has 0 saturated heterocycles. The first-order valence-corrected chi connectivity index (χ1v) is 8.54. The summed E-state index contributed by atoms with van der Waals surface area (Å²) in [6.45, 7) is 12.8. The van der Waals surface area contributed by atoms with Gasteiger partial charge in [-0.05, 0) is 57.8 Å². The Morgan fingerprint density at radius 3 is 1.90 bits per heavy atom. The highest BCUT2D eigenvalue weighted by atomic mass is 16.6. The largest absolute Gasteiger partial charge is 0.459 e. The van der Waals surface area contributed by atoms with Gasteiger partial charge in [0, 0.05) is 0 Å². The molecule has 0 spiro atoms. The molecule has 2 heteroatoms. The van der Waals surface area contributed by atoms with E-state index >= 15 is 0 Å². The molecule has 0 amide bonds. The lowest BCUT2D eigenvalue weighted by Gasteiger charge is -2.42. The quantitative estimate of drug-likeness (QED) is 0.614. The maximum atomic E-state index is 12.6. The van der Waals surface area contributed by atoms with Crippen LogP contribution in [-0.4, -0.2) is 11.6 Å². The van der Waals surface area contributed by atoms with Crippen LogP contribution < -0.4 is 0 Å². The molecule has 1 fully saturated rings. The normalized spacial score (nSPS) is 26.9. The Labute approximate surface area is 125 Å². The summed E-state index contributed by atoms with van der Waals surface area (Å²) < 4.78 is 6.07. The average Bonchev–Trinajstić information content (AvgIpc) is 2.46. The highest BCUT2D eigenvalue weighted by Crippen LogP contribution is 2.41. The third-order valence-electron chi connectivity index (χ3n) is 5.96. The van der Waals surface area contributed by atoms with E-state index in [2.05, 4.69) is 34.6 Å². The van der Waals surface area contributed by atoms with E-state index in [4.69, 9.17) is 4.74 Å². The lowest BCUT2D eigenvalue weighted by molar-refractivity contribution is -0.178. The number of esters is 1. The van der Waals surface area contributed by atoms with Gasteiger partial charge in [-0.15, -0.1) is 0 Å². The minimum Gasteiger partial charge on any atom is -0.459 e. The highest BCUT2D eigenvalue weighted by Gasteiger charge is 2.41. The number of carbonyl (C=O) groups excluding carboxylic acids is 1. The van der Waals surface area contributed by atoms with Crippen LogP contribution in [0.1, 0.15) is 86.5 Å². The standard InChI is InChI=1S/C18H34O2/c1-7-17(5,8-2)16(19)20-18(6,9-3)15-12-10-14(4)11-13-15/h14-15H,7-13H2,1-6H3. The number of carbonyl (C=O) groups is 1. The second-order valence-corrected chi connectivity index (χ2v) is 7.28. The van der Waals surface area contributed by atoms with Gasteiger partial charge in [0.2, 0.25) is 0 Å². The molecule has 20 heavy (non-hydrogen) atoms. The molecule has 0 radical (unpaired) electrons. The summed E-state index contributed by atoms with van der Waals surface area (Å²) in [5.74, 6) is 1.37. The number of ether oxygens (including phenoxy) is 1. The van der Waals surface area contributed by atoms with Gasteiger partial charge in [0.25, 0.3) is 0 Å². The predicted octanol–water partition coefficient (Wildman–Crippen LogP) is 5.35. The van der Waals surface area contributed by atoms with Crippen LogP contribution in [0.4, 0.5) is 0 Å². The summed E-state index contributed by atoms with van der Waals surface area (Å²) in [5.41, 5.74) is -0.596. The Morgan fingerprint density at radius 2 is 1.50 bits per heavy atom. The fourth-order valence-corrected chi connectivity index (χ4v) is 3.19.